The number of hydrogen-bond donors (Lipinski definition) is 2. The normalized spacial score (nSPS) is 16.0. The van der Waals surface area contributed by atoms with E-state index in [4.69, 9.17) is 11.6 Å². The van der Waals surface area contributed by atoms with E-state index in [-0.39, 0.29) is 17.9 Å². The minimum Gasteiger partial charge on any atom is -0.349 e. The van der Waals surface area contributed by atoms with Crippen molar-refractivity contribution in [2.24, 2.45) is 5.41 Å². The minimum atomic E-state index is -0.496. The SMILES string of the molecule is CC(C)(C)C(=O)Nc1ccc(Cl)c(C(=O)NC2CCCCC2)c1. The highest BCUT2D eigenvalue weighted by Crippen LogP contribution is 2.24. The monoisotopic (exact) mass is 336 g/mol. The molecule has 0 atom stereocenters. The molecule has 5 heteroatoms. The van der Waals surface area contributed by atoms with Gasteiger partial charge in [0.05, 0.1) is 10.6 Å². The highest BCUT2D eigenvalue weighted by atomic mass is 35.5. The summed E-state index contributed by atoms with van der Waals surface area (Å²) in [6.07, 6.45) is 5.58. The molecule has 126 valence electrons. The summed E-state index contributed by atoms with van der Waals surface area (Å²) >= 11 is 6.16. The van der Waals surface area contributed by atoms with Crippen molar-refractivity contribution in [1.29, 1.82) is 0 Å². The highest BCUT2D eigenvalue weighted by Gasteiger charge is 2.22. The Labute approximate surface area is 143 Å². The molecule has 2 amide bonds. The van der Waals surface area contributed by atoms with Crippen molar-refractivity contribution in [3.8, 4) is 0 Å². The van der Waals surface area contributed by atoms with Crippen molar-refractivity contribution in [2.45, 2.75) is 58.9 Å². The topological polar surface area (TPSA) is 58.2 Å². The Morgan fingerprint density at radius 1 is 1.13 bits per heavy atom. The van der Waals surface area contributed by atoms with Crippen LogP contribution in [-0.2, 0) is 4.79 Å². The predicted octanol–water partition coefficient (Wildman–Crippen LogP) is 4.39. The third-order valence-electron chi connectivity index (χ3n) is 4.09. The van der Waals surface area contributed by atoms with Gasteiger partial charge in [-0.15, -0.1) is 0 Å². The van der Waals surface area contributed by atoms with E-state index in [1.54, 1.807) is 18.2 Å². The van der Waals surface area contributed by atoms with Gasteiger partial charge >= 0.3 is 0 Å². The van der Waals surface area contributed by atoms with Crippen LogP contribution in [-0.4, -0.2) is 17.9 Å². The van der Waals surface area contributed by atoms with Crippen molar-refractivity contribution in [3.05, 3.63) is 28.8 Å². The maximum Gasteiger partial charge on any atom is 0.253 e. The van der Waals surface area contributed by atoms with Crippen molar-refractivity contribution >= 4 is 29.1 Å². The van der Waals surface area contributed by atoms with Crippen LogP contribution in [0.5, 0.6) is 0 Å². The van der Waals surface area contributed by atoms with Gasteiger partial charge in [0.25, 0.3) is 5.91 Å². The zero-order valence-corrected chi connectivity index (χ0v) is 14.8. The van der Waals surface area contributed by atoms with Gasteiger partial charge in [-0.2, -0.15) is 0 Å². The van der Waals surface area contributed by atoms with Gasteiger partial charge in [0.1, 0.15) is 0 Å². The van der Waals surface area contributed by atoms with Gasteiger partial charge in [-0.1, -0.05) is 51.6 Å². The number of carbonyl (C=O) groups is 2. The van der Waals surface area contributed by atoms with Gasteiger partial charge in [0.2, 0.25) is 5.91 Å². The molecule has 0 aliphatic heterocycles. The third kappa shape index (κ3) is 4.96. The van der Waals surface area contributed by atoms with Crippen LogP contribution in [0, 0.1) is 5.41 Å². The molecule has 1 aromatic carbocycles. The first-order valence-corrected chi connectivity index (χ1v) is 8.57. The lowest BCUT2D eigenvalue weighted by molar-refractivity contribution is -0.123. The Morgan fingerprint density at radius 3 is 2.39 bits per heavy atom. The van der Waals surface area contributed by atoms with Crippen LogP contribution < -0.4 is 10.6 Å². The standard InChI is InChI=1S/C18H25ClN2O2/c1-18(2,3)17(23)21-13-9-10-15(19)14(11-13)16(22)20-12-7-5-4-6-8-12/h9-12H,4-8H2,1-3H3,(H,20,22)(H,21,23). The maximum atomic E-state index is 12.5. The summed E-state index contributed by atoms with van der Waals surface area (Å²) in [6.45, 7) is 5.53. The molecule has 0 radical (unpaired) electrons. The quantitative estimate of drug-likeness (QED) is 0.860. The van der Waals surface area contributed by atoms with Gasteiger partial charge in [-0.05, 0) is 31.0 Å². The zero-order valence-electron chi connectivity index (χ0n) is 14.0. The molecule has 4 nitrogen and oxygen atoms in total. The molecule has 0 saturated heterocycles. The molecule has 1 saturated carbocycles. The second kappa shape index (κ2) is 7.35. The van der Waals surface area contributed by atoms with Crippen LogP contribution in [0.25, 0.3) is 0 Å². The lowest BCUT2D eigenvalue weighted by Crippen LogP contribution is -2.36. The van der Waals surface area contributed by atoms with Crippen LogP contribution in [0.4, 0.5) is 5.69 Å². The lowest BCUT2D eigenvalue weighted by Gasteiger charge is -2.23. The van der Waals surface area contributed by atoms with Gasteiger partial charge in [-0.3, -0.25) is 9.59 Å². The summed E-state index contributed by atoms with van der Waals surface area (Å²) in [4.78, 5) is 24.5. The number of amides is 2. The second-order valence-corrected chi connectivity index (χ2v) is 7.61. The van der Waals surface area contributed by atoms with Crippen LogP contribution in [0.15, 0.2) is 18.2 Å². The molecule has 0 spiro atoms. The summed E-state index contributed by atoms with van der Waals surface area (Å²) < 4.78 is 0. The Balaban J connectivity index is 2.10. The average molecular weight is 337 g/mol. The molecule has 2 N–H and O–H groups in total. The Hall–Kier alpha value is -1.55. The van der Waals surface area contributed by atoms with E-state index in [0.29, 0.717) is 16.3 Å². The van der Waals surface area contributed by atoms with E-state index in [9.17, 15) is 9.59 Å². The summed E-state index contributed by atoms with van der Waals surface area (Å²) in [5.41, 5.74) is 0.497. The van der Waals surface area contributed by atoms with Crippen molar-refractivity contribution in [2.75, 3.05) is 5.32 Å². The summed E-state index contributed by atoms with van der Waals surface area (Å²) in [5, 5.41) is 6.28. The van der Waals surface area contributed by atoms with E-state index in [0.717, 1.165) is 25.7 Å². The van der Waals surface area contributed by atoms with Gasteiger partial charge in [-0.25, -0.2) is 0 Å². The third-order valence-corrected chi connectivity index (χ3v) is 4.42. The Kier molecular flexibility index (Phi) is 5.69. The molecule has 2 rings (SSSR count). The fourth-order valence-electron chi connectivity index (χ4n) is 2.61. The maximum absolute atomic E-state index is 12.5. The van der Waals surface area contributed by atoms with E-state index < -0.39 is 5.41 Å². The molecule has 1 aliphatic rings. The van der Waals surface area contributed by atoms with Crippen LogP contribution in [0.2, 0.25) is 5.02 Å². The Bertz CT molecular complexity index is 587. The molecule has 0 bridgehead atoms. The molecule has 0 heterocycles. The number of anilines is 1. The van der Waals surface area contributed by atoms with Crippen molar-refractivity contribution in [3.63, 3.8) is 0 Å². The first-order valence-electron chi connectivity index (χ1n) is 8.19. The van der Waals surface area contributed by atoms with Gasteiger partial charge in [0.15, 0.2) is 0 Å². The molecule has 23 heavy (non-hydrogen) atoms. The number of halogens is 1. The van der Waals surface area contributed by atoms with E-state index in [1.807, 2.05) is 20.8 Å². The van der Waals surface area contributed by atoms with E-state index in [2.05, 4.69) is 10.6 Å². The van der Waals surface area contributed by atoms with Gasteiger partial charge in [0, 0.05) is 17.1 Å². The highest BCUT2D eigenvalue weighted by molar-refractivity contribution is 6.34. The number of rotatable bonds is 3. The van der Waals surface area contributed by atoms with Crippen LogP contribution >= 0.6 is 11.6 Å². The summed E-state index contributed by atoms with van der Waals surface area (Å²) in [5.74, 6) is -0.271. The molecule has 1 fully saturated rings. The zero-order chi connectivity index (χ0) is 17.0. The fraction of sp³-hybridized carbons (Fsp3) is 0.556. The average Bonchev–Trinajstić information content (AvgIpc) is 2.49. The molecule has 1 aromatic rings. The number of nitrogens with one attached hydrogen (secondary N) is 2. The molecular weight excluding hydrogens is 312 g/mol. The second-order valence-electron chi connectivity index (χ2n) is 7.21. The largest absolute Gasteiger partial charge is 0.349 e. The summed E-state index contributed by atoms with van der Waals surface area (Å²) in [6, 6.07) is 5.23. The van der Waals surface area contributed by atoms with Crippen molar-refractivity contribution < 1.29 is 9.59 Å². The minimum absolute atomic E-state index is 0.0986. The smallest absolute Gasteiger partial charge is 0.253 e. The van der Waals surface area contributed by atoms with Crippen molar-refractivity contribution in [1.82, 2.24) is 5.32 Å². The lowest BCUT2D eigenvalue weighted by atomic mass is 9.95. The molecular formula is C18H25ClN2O2. The first-order chi connectivity index (χ1) is 10.8. The van der Waals surface area contributed by atoms with Crippen LogP contribution in [0.1, 0.15) is 63.2 Å². The molecule has 0 unspecified atom stereocenters. The van der Waals surface area contributed by atoms with Crippen LogP contribution in [0.3, 0.4) is 0 Å². The Morgan fingerprint density at radius 2 is 1.78 bits per heavy atom. The van der Waals surface area contributed by atoms with Gasteiger partial charge < -0.3 is 10.6 Å². The number of hydrogen-bond acceptors (Lipinski definition) is 2. The summed E-state index contributed by atoms with van der Waals surface area (Å²) in [7, 11) is 0. The van der Waals surface area contributed by atoms with E-state index in [1.165, 1.54) is 6.42 Å². The predicted molar refractivity (Wildman–Crippen MR) is 93.9 cm³/mol. The fourth-order valence-corrected chi connectivity index (χ4v) is 2.81. The number of carbonyl (C=O) groups excluding carboxylic acids is 2. The van der Waals surface area contributed by atoms with E-state index >= 15 is 0 Å². The molecule has 1 aliphatic carbocycles. The first kappa shape index (κ1) is 17.8. The molecule has 0 aromatic heterocycles. The number of benzene rings is 1.